The quantitative estimate of drug-likeness (QED) is 0.654. The van der Waals surface area contributed by atoms with Gasteiger partial charge in [-0.2, -0.15) is 0 Å². The molecule has 2 unspecified atom stereocenters. The van der Waals surface area contributed by atoms with Crippen LogP contribution in [-0.4, -0.2) is 42.1 Å². The fraction of sp³-hybridized carbons (Fsp3) is 0.909. The minimum absolute atomic E-state index is 0.121. The number of ether oxygens (including phenoxy) is 1. The van der Waals surface area contributed by atoms with E-state index in [0.717, 1.165) is 19.4 Å². The molecule has 0 aliphatic carbocycles. The van der Waals surface area contributed by atoms with Crippen molar-refractivity contribution in [3.05, 3.63) is 0 Å². The number of likely N-dealkylation sites (N-methyl/N-ethyl adjacent to an activating group) is 1. The molecule has 2 atom stereocenters. The third kappa shape index (κ3) is 3.80. The molecule has 0 radical (unpaired) electrons. The molecule has 1 aliphatic rings. The van der Waals surface area contributed by atoms with Crippen molar-refractivity contribution >= 4 is 5.97 Å². The number of piperidine rings is 1. The zero-order valence-electron chi connectivity index (χ0n) is 10.1. The van der Waals surface area contributed by atoms with Gasteiger partial charge in [-0.1, -0.05) is 0 Å². The average molecular weight is 214 g/mol. The number of nitrogens with two attached hydrogens (primary N) is 1. The van der Waals surface area contributed by atoms with Gasteiger partial charge < -0.3 is 10.5 Å². The fourth-order valence-electron chi connectivity index (χ4n) is 1.85. The summed E-state index contributed by atoms with van der Waals surface area (Å²) >= 11 is 0. The van der Waals surface area contributed by atoms with Crippen molar-refractivity contribution in [3.63, 3.8) is 0 Å². The van der Waals surface area contributed by atoms with Gasteiger partial charge in [0, 0.05) is 12.6 Å². The second-order valence-electron chi connectivity index (χ2n) is 5.33. The minimum Gasteiger partial charge on any atom is -0.459 e. The summed E-state index contributed by atoms with van der Waals surface area (Å²) in [6, 6.07) is 0.0673. The van der Waals surface area contributed by atoms with Crippen molar-refractivity contribution in [1.82, 2.24) is 4.90 Å². The molecule has 1 fully saturated rings. The first-order chi connectivity index (χ1) is 6.79. The summed E-state index contributed by atoms with van der Waals surface area (Å²) in [5, 5.41) is 0. The van der Waals surface area contributed by atoms with Crippen LogP contribution >= 0.6 is 0 Å². The highest BCUT2D eigenvalue weighted by atomic mass is 16.6. The molecule has 0 aromatic heterocycles. The summed E-state index contributed by atoms with van der Waals surface area (Å²) in [5.74, 6) is -0.128. The fourth-order valence-corrected chi connectivity index (χ4v) is 1.85. The number of rotatable bonds is 1. The number of likely N-dealkylation sites (tertiary alicyclic amines) is 1. The van der Waals surface area contributed by atoms with Gasteiger partial charge in [0.15, 0.2) is 0 Å². The molecule has 88 valence electrons. The van der Waals surface area contributed by atoms with E-state index in [2.05, 4.69) is 0 Å². The van der Waals surface area contributed by atoms with Crippen LogP contribution in [0.25, 0.3) is 0 Å². The van der Waals surface area contributed by atoms with E-state index >= 15 is 0 Å². The van der Waals surface area contributed by atoms with Crippen LogP contribution in [0.2, 0.25) is 0 Å². The van der Waals surface area contributed by atoms with E-state index in [1.54, 1.807) is 0 Å². The third-order valence-electron chi connectivity index (χ3n) is 2.54. The number of carbonyl (C=O) groups excluding carboxylic acids is 1. The van der Waals surface area contributed by atoms with E-state index in [9.17, 15) is 4.79 Å². The van der Waals surface area contributed by atoms with Gasteiger partial charge in [0.05, 0.1) is 0 Å². The number of hydrogen-bond acceptors (Lipinski definition) is 4. The molecule has 4 heteroatoms. The topological polar surface area (TPSA) is 55.6 Å². The van der Waals surface area contributed by atoms with Crippen LogP contribution in [0.1, 0.15) is 33.6 Å². The maximum Gasteiger partial charge on any atom is 0.323 e. The third-order valence-corrected chi connectivity index (χ3v) is 2.54. The van der Waals surface area contributed by atoms with Gasteiger partial charge in [0.1, 0.15) is 11.6 Å². The lowest BCUT2D eigenvalue weighted by Crippen LogP contribution is -2.51. The number of nitrogens with zero attached hydrogens (tertiary/aromatic N) is 1. The molecule has 0 amide bonds. The van der Waals surface area contributed by atoms with Gasteiger partial charge in [-0.3, -0.25) is 9.69 Å². The van der Waals surface area contributed by atoms with Gasteiger partial charge in [0.2, 0.25) is 0 Å². The summed E-state index contributed by atoms with van der Waals surface area (Å²) in [6.07, 6.45) is 1.70. The Morgan fingerprint density at radius 3 is 2.47 bits per heavy atom. The van der Waals surface area contributed by atoms with Gasteiger partial charge in [-0.25, -0.2) is 0 Å². The highest BCUT2D eigenvalue weighted by molar-refractivity contribution is 5.76. The molecule has 0 spiro atoms. The molecule has 0 aromatic rings. The van der Waals surface area contributed by atoms with E-state index < -0.39 is 5.60 Å². The van der Waals surface area contributed by atoms with Crippen LogP contribution in [0.5, 0.6) is 0 Å². The van der Waals surface area contributed by atoms with Crippen LogP contribution < -0.4 is 5.73 Å². The monoisotopic (exact) mass is 214 g/mol. The Hall–Kier alpha value is -0.610. The number of hydrogen-bond donors (Lipinski definition) is 1. The lowest BCUT2D eigenvalue weighted by molar-refractivity contribution is -0.162. The summed E-state index contributed by atoms with van der Waals surface area (Å²) in [7, 11) is 1.92. The van der Waals surface area contributed by atoms with E-state index in [1.165, 1.54) is 0 Å². The minimum atomic E-state index is -0.405. The Kier molecular flexibility index (Phi) is 3.73. The van der Waals surface area contributed by atoms with Crippen molar-refractivity contribution in [2.45, 2.75) is 51.3 Å². The van der Waals surface area contributed by atoms with Crippen molar-refractivity contribution in [2.24, 2.45) is 5.73 Å². The van der Waals surface area contributed by atoms with E-state index in [0.29, 0.717) is 0 Å². The van der Waals surface area contributed by atoms with Crippen molar-refractivity contribution in [3.8, 4) is 0 Å². The maximum atomic E-state index is 11.8. The molecule has 2 N–H and O–H groups in total. The van der Waals surface area contributed by atoms with Crippen LogP contribution in [0.4, 0.5) is 0 Å². The first-order valence-corrected chi connectivity index (χ1v) is 5.48. The molecular weight excluding hydrogens is 192 g/mol. The predicted octanol–water partition coefficient (Wildman–Crippen LogP) is 0.750. The van der Waals surface area contributed by atoms with Crippen LogP contribution in [0.3, 0.4) is 0 Å². The molecule has 0 bridgehead atoms. The van der Waals surface area contributed by atoms with Gasteiger partial charge in [-0.05, 0) is 40.7 Å². The highest BCUT2D eigenvalue weighted by Crippen LogP contribution is 2.18. The Bertz CT molecular complexity index is 235. The SMILES string of the molecule is CN1CC(N)CCC1C(=O)OC(C)(C)C. The molecule has 1 saturated heterocycles. The molecule has 1 heterocycles. The highest BCUT2D eigenvalue weighted by Gasteiger charge is 2.32. The predicted molar refractivity (Wildman–Crippen MR) is 59.5 cm³/mol. The molecule has 15 heavy (non-hydrogen) atoms. The smallest absolute Gasteiger partial charge is 0.323 e. The molecule has 0 saturated carbocycles. The first kappa shape index (κ1) is 12.5. The van der Waals surface area contributed by atoms with Crippen LogP contribution in [0.15, 0.2) is 0 Å². The second-order valence-corrected chi connectivity index (χ2v) is 5.33. The summed E-state index contributed by atoms with van der Waals surface area (Å²) in [5.41, 5.74) is 5.42. The largest absolute Gasteiger partial charge is 0.459 e. The van der Waals surface area contributed by atoms with Crippen molar-refractivity contribution < 1.29 is 9.53 Å². The summed E-state index contributed by atoms with van der Waals surface area (Å²) in [6.45, 7) is 6.43. The lowest BCUT2D eigenvalue weighted by Gasteiger charge is -2.35. The molecule has 1 aliphatic heterocycles. The van der Waals surface area contributed by atoms with Crippen molar-refractivity contribution in [2.75, 3.05) is 13.6 Å². The van der Waals surface area contributed by atoms with E-state index in [4.69, 9.17) is 10.5 Å². The van der Waals surface area contributed by atoms with Gasteiger partial charge >= 0.3 is 5.97 Å². The van der Waals surface area contributed by atoms with E-state index in [-0.39, 0.29) is 18.1 Å². The lowest BCUT2D eigenvalue weighted by atomic mass is 9.99. The summed E-state index contributed by atoms with van der Waals surface area (Å²) < 4.78 is 5.36. The van der Waals surface area contributed by atoms with E-state index in [1.807, 2.05) is 32.7 Å². The van der Waals surface area contributed by atoms with Crippen molar-refractivity contribution in [1.29, 1.82) is 0 Å². The second kappa shape index (κ2) is 4.49. The first-order valence-electron chi connectivity index (χ1n) is 5.48. The standard InChI is InChI=1S/C11H22N2O2/c1-11(2,3)15-10(14)9-6-5-8(12)7-13(9)4/h8-9H,5-7,12H2,1-4H3. The summed E-state index contributed by atoms with van der Waals surface area (Å²) in [4.78, 5) is 13.8. The maximum absolute atomic E-state index is 11.8. The Balaban J connectivity index is 2.53. The molecular formula is C11H22N2O2. The van der Waals surface area contributed by atoms with Gasteiger partial charge in [-0.15, -0.1) is 0 Å². The molecule has 1 rings (SSSR count). The van der Waals surface area contributed by atoms with Crippen LogP contribution in [-0.2, 0) is 9.53 Å². The zero-order chi connectivity index (χ0) is 11.6. The Morgan fingerprint density at radius 1 is 1.40 bits per heavy atom. The normalized spacial score (nSPS) is 28.9. The van der Waals surface area contributed by atoms with Gasteiger partial charge in [0.25, 0.3) is 0 Å². The molecule has 4 nitrogen and oxygen atoms in total. The number of carbonyl (C=O) groups is 1. The molecule has 0 aromatic carbocycles. The van der Waals surface area contributed by atoms with Crippen LogP contribution in [0, 0.1) is 0 Å². The number of esters is 1. The Labute approximate surface area is 91.8 Å². The zero-order valence-corrected chi connectivity index (χ0v) is 10.1. The average Bonchev–Trinajstić information content (AvgIpc) is 1.99. The Morgan fingerprint density at radius 2 is 2.00 bits per heavy atom.